The highest BCUT2D eigenvalue weighted by Gasteiger charge is 2.36. The SMILES string of the molecule is COC(=O)CC1C(=O)NCC1CNC(=O)c1ccc(-c2ccc(C(=N)N)cc2)cc1. The molecule has 2 aromatic carbocycles. The van der Waals surface area contributed by atoms with Crippen LogP contribution in [-0.2, 0) is 14.3 Å². The molecular weight excluding hydrogens is 384 g/mol. The van der Waals surface area contributed by atoms with Crippen LogP contribution in [0, 0.1) is 17.2 Å². The molecule has 8 heteroatoms. The molecule has 5 N–H and O–H groups in total. The largest absolute Gasteiger partial charge is 0.469 e. The van der Waals surface area contributed by atoms with Crippen molar-refractivity contribution in [3.63, 3.8) is 0 Å². The van der Waals surface area contributed by atoms with E-state index in [-0.39, 0.29) is 36.5 Å². The zero-order valence-corrected chi connectivity index (χ0v) is 16.6. The molecule has 2 amide bonds. The Balaban J connectivity index is 1.60. The number of carbonyl (C=O) groups excluding carboxylic acids is 3. The number of methoxy groups -OCH3 is 1. The first-order valence-corrected chi connectivity index (χ1v) is 9.56. The van der Waals surface area contributed by atoms with Gasteiger partial charge in [-0.1, -0.05) is 36.4 Å². The molecule has 1 fully saturated rings. The van der Waals surface area contributed by atoms with Crippen LogP contribution in [0.3, 0.4) is 0 Å². The molecule has 2 atom stereocenters. The molecule has 1 heterocycles. The van der Waals surface area contributed by atoms with Gasteiger partial charge in [0.25, 0.3) is 5.91 Å². The molecule has 1 aliphatic rings. The quantitative estimate of drug-likeness (QED) is 0.311. The maximum absolute atomic E-state index is 12.5. The maximum atomic E-state index is 12.5. The Morgan fingerprint density at radius 3 is 2.20 bits per heavy atom. The Morgan fingerprint density at radius 1 is 1.10 bits per heavy atom. The first kappa shape index (κ1) is 21.0. The first-order chi connectivity index (χ1) is 14.4. The summed E-state index contributed by atoms with van der Waals surface area (Å²) in [5.41, 5.74) is 8.51. The number of rotatable bonds is 7. The molecule has 0 bridgehead atoms. The minimum Gasteiger partial charge on any atom is -0.469 e. The van der Waals surface area contributed by atoms with Crippen molar-refractivity contribution in [2.24, 2.45) is 17.6 Å². The minimum absolute atomic E-state index is 0.0000142. The average molecular weight is 408 g/mol. The van der Waals surface area contributed by atoms with Crippen molar-refractivity contribution in [3.05, 3.63) is 59.7 Å². The lowest BCUT2D eigenvalue weighted by molar-refractivity contribution is -0.144. The van der Waals surface area contributed by atoms with Crippen LogP contribution < -0.4 is 16.4 Å². The van der Waals surface area contributed by atoms with E-state index in [1.54, 1.807) is 24.3 Å². The molecule has 2 unspecified atom stereocenters. The molecule has 0 radical (unpaired) electrons. The molecule has 2 aromatic rings. The fourth-order valence-electron chi connectivity index (χ4n) is 3.44. The topological polar surface area (TPSA) is 134 Å². The van der Waals surface area contributed by atoms with Gasteiger partial charge in [-0.2, -0.15) is 0 Å². The number of amides is 2. The molecule has 30 heavy (non-hydrogen) atoms. The van der Waals surface area contributed by atoms with E-state index in [4.69, 9.17) is 11.1 Å². The summed E-state index contributed by atoms with van der Waals surface area (Å²) in [5, 5.41) is 13.0. The lowest BCUT2D eigenvalue weighted by Gasteiger charge is -2.16. The molecule has 0 aliphatic carbocycles. The van der Waals surface area contributed by atoms with E-state index in [1.807, 2.05) is 24.3 Å². The fraction of sp³-hybridized carbons (Fsp3) is 0.273. The maximum Gasteiger partial charge on any atom is 0.306 e. The molecule has 1 saturated heterocycles. The van der Waals surface area contributed by atoms with Crippen LogP contribution in [0.1, 0.15) is 22.3 Å². The summed E-state index contributed by atoms with van der Waals surface area (Å²) in [6.07, 6.45) is -0.0000142. The van der Waals surface area contributed by atoms with Gasteiger partial charge < -0.3 is 21.1 Å². The Labute approximate surface area is 174 Å². The summed E-state index contributed by atoms with van der Waals surface area (Å²) in [7, 11) is 1.29. The zero-order valence-electron chi connectivity index (χ0n) is 16.6. The Bertz CT molecular complexity index is 954. The number of esters is 1. The van der Waals surface area contributed by atoms with Gasteiger partial charge in [-0.15, -0.1) is 0 Å². The van der Waals surface area contributed by atoms with Crippen LogP contribution in [0.5, 0.6) is 0 Å². The van der Waals surface area contributed by atoms with Crippen molar-refractivity contribution in [2.75, 3.05) is 20.2 Å². The number of nitrogens with one attached hydrogen (secondary N) is 3. The molecule has 0 spiro atoms. The molecule has 1 aliphatic heterocycles. The van der Waals surface area contributed by atoms with Gasteiger partial charge in [0.15, 0.2) is 0 Å². The Hall–Kier alpha value is -3.68. The second-order valence-corrected chi connectivity index (χ2v) is 7.17. The van der Waals surface area contributed by atoms with Gasteiger partial charge in [0.05, 0.1) is 19.4 Å². The summed E-state index contributed by atoms with van der Waals surface area (Å²) < 4.78 is 4.65. The van der Waals surface area contributed by atoms with E-state index < -0.39 is 11.9 Å². The number of amidine groups is 1. The van der Waals surface area contributed by atoms with Crippen LogP contribution in [0.25, 0.3) is 11.1 Å². The predicted octanol–water partition coefficient (Wildman–Crippen LogP) is 1.29. The van der Waals surface area contributed by atoms with Crippen LogP contribution in [0.2, 0.25) is 0 Å². The standard InChI is InChI=1S/C22H24N4O4/c1-30-19(27)10-18-17(12-26-22(18)29)11-25-21(28)16-8-4-14(5-9-16)13-2-6-15(7-3-13)20(23)24/h2-9,17-18H,10-12H2,1H3,(H3,23,24)(H,25,28)(H,26,29). The van der Waals surface area contributed by atoms with Crippen molar-refractivity contribution in [2.45, 2.75) is 6.42 Å². The van der Waals surface area contributed by atoms with Gasteiger partial charge in [-0.25, -0.2) is 0 Å². The third kappa shape index (κ3) is 4.83. The second-order valence-electron chi connectivity index (χ2n) is 7.17. The van der Waals surface area contributed by atoms with E-state index in [0.29, 0.717) is 17.7 Å². The van der Waals surface area contributed by atoms with E-state index >= 15 is 0 Å². The summed E-state index contributed by atoms with van der Waals surface area (Å²) in [4.78, 5) is 35.9. The van der Waals surface area contributed by atoms with Gasteiger partial charge in [-0.05, 0) is 23.3 Å². The fourth-order valence-corrected chi connectivity index (χ4v) is 3.44. The van der Waals surface area contributed by atoms with Gasteiger partial charge in [0.2, 0.25) is 5.91 Å². The molecule has 0 saturated carbocycles. The highest BCUT2D eigenvalue weighted by atomic mass is 16.5. The zero-order chi connectivity index (χ0) is 21.7. The summed E-state index contributed by atoms with van der Waals surface area (Å²) in [6.45, 7) is 0.698. The van der Waals surface area contributed by atoms with Crippen molar-refractivity contribution in [1.82, 2.24) is 10.6 Å². The van der Waals surface area contributed by atoms with Gasteiger partial charge in [-0.3, -0.25) is 19.8 Å². The first-order valence-electron chi connectivity index (χ1n) is 9.56. The summed E-state index contributed by atoms with van der Waals surface area (Å²) in [6, 6.07) is 14.5. The lowest BCUT2D eigenvalue weighted by Crippen LogP contribution is -2.33. The molecule has 3 rings (SSSR count). The van der Waals surface area contributed by atoms with Crippen molar-refractivity contribution < 1.29 is 19.1 Å². The van der Waals surface area contributed by atoms with E-state index in [2.05, 4.69) is 15.4 Å². The van der Waals surface area contributed by atoms with Crippen molar-refractivity contribution in [1.29, 1.82) is 5.41 Å². The number of benzene rings is 2. The number of nitrogen functional groups attached to an aromatic ring is 1. The average Bonchev–Trinajstić information content (AvgIpc) is 3.11. The van der Waals surface area contributed by atoms with Crippen LogP contribution in [0.4, 0.5) is 0 Å². The number of hydrogen-bond donors (Lipinski definition) is 4. The van der Waals surface area contributed by atoms with Crippen molar-refractivity contribution in [3.8, 4) is 11.1 Å². The van der Waals surface area contributed by atoms with Crippen molar-refractivity contribution >= 4 is 23.6 Å². The Kier molecular flexibility index (Phi) is 6.46. The number of carbonyl (C=O) groups is 3. The molecule has 0 aromatic heterocycles. The number of ether oxygens (including phenoxy) is 1. The molecule has 156 valence electrons. The monoisotopic (exact) mass is 408 g/mol. The number of hydrogen-bond acceptors (Lipinski definition) is 5. The van der Waals surface area contributed by atoms with Gasteiger partial charge >= 0.3 is 5.97 Å². The normalized spacial score (nSPS) is 17.8. The predicted molar refractivity (Wildman–Crippen MR) is 112 cm³/mol. The van der Waals surface area contributed by atoms with Crippen LogP contribution in [0.15, 0.2) is 48.5 Å². The van der Waals surface area contributed by atoms with Crippen LogP contribution >= 0.6 is 0 Å². The Morgan fingerprint density at radius 2 is 1.67 bits per heavy atom. The molecule has 8 nitrogen and oxygen atoms in total. The molecular formula is C22H24N4O4. The minimum atomic E-state index is -0.502. The van der Waals surface area contributed by atoms with E-state index in [0.717, 1.165) is 11.1 Å². The highest BCUT2D eigenvalue weighted by Crippen LogP contribution is 2.22. The summed E-state index contributed by atoms with van der Waals surface area (Å²) in [5.74, 6) is -1.54. The third-order valence-corrected chi connectivity index (χ3v) is 5.26. The van der Waals surface area contributed by atoms with E-state index in [9.17, 15) is 14.4 Å². The highest BCUT2D eigenvalue weighted by molar-refractivity contribution is 5.96. The number of nitrogens with two attached hydrogens (primary N) is 1. The van der Waals surface area contributed by atoms with E-state index in [1.165, 1.54) is 7.11 Å². The summed E-state index contributed by atoms with van der Waals surface area (Å²) >= 11 is 0. The van der Waals surface area contributed by atoms with Gasteiger partial charge in [0, 0.05) is 30.1 Å². The lowest BCUT2D eigenvalue weighted by atomic mass is 9.92. The van der Waals surface area contributed by atoms with Crippen LogP contribution in [-0.4, -0.2) is 43.8 Å². The smallest absolute Gasteiger partial charge is 0.306 e. The van der Waals surface area contributed by atoms with Gasteiger partial charge in [0.1, 0.15) is 5.84 Å². The second kappa shape index (κ2) is 9.21. The third-order valence-electron chi connectivity index (χ3n) is 5.26.